The van der Waals surface area contributed by atoms with Crippen LogP contribution in [0.2, 0.25) is 0 Å². The Bertz CT molecular complexity index is 359. The topological polar surface area (TPSA) is 37.3 Å². The zero-order chi connectivity index (χ0) is 10.9. The number of benzene rings is 1. The van der Waals surface area contributed by atoms with Gasteiger partial charge in [-0.15, -0.1) is 0 Å². The van der Waals surface area contributed by atoms with E-state index in [4.69, 9.17) is 0 Å². The summed E-state index contributed by atoms with van der Waals surface area (Å²) in [7, 11) is 0. The molecule has 0 saturated heterocycles. The molecular weight excluding hydrogens is 176 g/mol. The van der Waals surface area contributed by atoms with Crippen molar-refractivity contribution in [2.24, 2.45) is 0 Å². The smallest absolute Gasteiger partial charge is 0.153 e. The maximum Gasteiger partial charge on any atom is 0.153 e. The summed E-state index contributed by atoms with van der Waals surface area (Å²) in [6.07, 6.45) is 0.685. The third kappa shape index (κ3) is 1.79. The van der Waals surface area contributed by atoms with Crippen LogP contribution < -0.4 is 0 Å². The summed E-state index contributed by atoms with van der Waals surface area (Å²) in [6.45, 7) is 7.99. The SMILES string of the molecule is Cc1ccc(C=O)c(O)c1C(C)(C)C. The minimum atomic E-state index is -0.146. The average molecular weight is 192 g/mol. The van der Waals surface area contributed by atoms with Crippen LogP contribution in [-0.4, -0.2) is 11.4 Å². The van der Waals surface area contributed by atoms with Crippen molar-refractivity contribution in [2.45, 2.75) is 33.1 Å². The molecule has 0 spiro atoms. The van der Waals surface area contributed by atoms with Crippen LogP contribution >= 0.6 is 0 Å². The third-order valence-corrected chi connectivity index (χ3v) is 2.29. The molecule has 1 aromatic rings. The highest BCUT2D eigenvalue weighted by molar-refractivity contribution is 5.80. The van der Waals surface area contributed by atoms with Crippen LogP contribution in [0.3, 0.4) is 0 Å². The Hall–Kier alpha value is -1.31. The van der Waals surface area contributed by atoms with Gasteiger partial charge in [-0.1, -0.05) is 26.8 Å². The quantitative estimate of drug-likeness (QED) is 0.695. The molecule has 0 unspecified atom stereocenters. The molecule has 0 amide bonds. The maximum atomic E-state index is 10.7. The second-order valence-corrected chi connectivity index (χ2v) is 4.56. The van der Waals surface area contributed by atoms with Crippen LogP contribution in [0.15, 0.2) is 12.1 Å². The van der Waals surface area contributed by atoms with Gasteiger partial charge in [-0.25, -0.2) is 0 Å². The molecule has 1 aromatic carbocycles. The van der Waals surface area contributed by atoms with Gasteiger partial charge < -0.3 is 5.11 Å². The molecular formula is C12H16O2. The molecule has 2 heteroatoms. The van der Waals surface area contributed by atoms with Crippen molar-refractivity contribution in [3.8, 4) is 5.75 Å². The first-order chi connectivity index (χ1) is 6.38. The molecule has 2 nitrogen and oxygen atoms in total. The van der Waals surface area contributed by atoms with Gasteiger partial charge in [-0.3, -0.25) is 4.79 Å². The fourth-order valence-electron chi connectivity index (χ4n) is 1.75. The standard InChI is InChI=1S/C12H16O2/c1-8-5-6-9(7-13)11(14)10(8)12(2,3)4/h5-7,14H,1-4H3. The van der Waals surface area contributed by atoms with Crippen molar-refractivity contribution in [1.82, 2.24) is 0 Å². The van der Waals surface area contributed by atoms with E-state index in [9.17, 15) is 9.90 Å². The first-order valence-corrected chi connectivity index (χ1v) is 4.66. The number of hydrogen-bond acceptors (Lipinski definition) is 2. The highest BCUT2D eigenvalue weighted by Crippen LogP contribution is 2.35. The van der Waals surface area contributed by atoms with Crippen LogP contribution in [0, 0.1) is 6.92 Å². The van der Waals surface area contributed by atoms with Gasteiger partial charge in [0.2, 0.25) is 0 Å². The molecule has 76 valence electrons. The average Bonchev–Trinajstić information content (AvgIpc) is 2.02. The Morgan fingerprint density at radius 2 is 1.86 bits per heavy atom. The zero-order valence-electron chi connectivity index (χ0n) is 9.09. The summed E-state index contributed by atoms with van der Waals surface area (Å²) in [5.74, 6) is 0.118. The molecule has 0 atom stereocenters. The van der Waals surface area contributed by atoms with Gasteiger partial charge in [0, 0.05) is 5.56 Å². The minimum Gasteiger partial charge on any atom is -0.507 e. The summed E-state index contributed by atoms with van der Waals surface area (Å²) >= 11 is 0. The van der Waals surface area contributed by atoms with Gasteiger partial charge in [0.15, 0.2) is 6.29 Å². The molecule has 0 fully saturated rings. The molecule has 1 rings (SSSR count). The van der Waals surface area contributed by atoms with E-state index in [2.05, 4.69) is 0 Å². The molecule has 0 aromatic heterocycles. The van der Waals surface area contributed by atoms with Gasteiger partial charge >= 0.3 is 0 Å². The monoisotopic (exact) mass is 192 g/mol. The molecule has 0 bridgehead atoms. The fraction of sp³-hybridized carbons (Fsp3) is 0.417. The molecule has 0 radical (unpaired) electrons. The first-order valence-electron chi connectivity index (χ1n) is 4.66. The van der Waals surface area contributed by atoms with E-state index in [0.717, 1.165) is 11.1 Å². The van der Waals surface area contributed by atoms with Crippen LogP contribution in [0.25, 0.3) is 0 Å². The number of carbonyl (C=O) groups excluding carboxylic acids is 1. The Morgan fingerprint density at radius 3 is 2.29 bits per heavy atom. The lowest BCUT2D eigenvalue weighted by molar-refractivity contribution is 0.112. The number of rotatable bonds is 1. The van der Waals surface area contributed by atoms with Crippen molar-refractivity contribution < 1.29 is 9.90 Å². The number of phenolic OH excluding ortho intramolecular Hbond substituents is 1. The van der Waals surface area contributed by atoms with E-state index in [1.54, 1.807) is 6.07 Å². The van der Waals surface area contributed by atoms with E-state index in [1.165, 1.54) is 0 Å². The molecule has 0 aliphatic heterocycles. The molecule has 0 aliphatic carbocycles. The minimum absolute atomic E-state index is 0.118. The van der Waals surface area contributed by atoms with Crippen LogP contribution in [0.1, 0.15) is 42.3 Å². The Labute approximate surface area is 84.6 Å². The van der Waals surface area contributed by atoms with E-state index in [-0.39, 0.29) is 11.2 Å². The Kier molecular flexibility index (Phi) is 2.65. The Morgan fingerprint density at radius 1 is 1.29 bits per heavy atom. The van der Waals surface area contributed by atoms with E-state index >= 15 is 0 Å². The number of aromatic hydroxyl groups is 1. The largest absolute Gasteiger partial charge is 0.507 e. The van der Waals surface area contributed by atoms with Gasteiger partial charge in [0.05, 0.1) is 5.56 Å². The number of phenols is 1. The van der Waals surface area contributed by atoms with Gasteiger partial charge in [-0.2, -0.15) is 0 Å². The molecule has 1 N–H and O–H groups in total. The summed E-state index contributed by atoms with van der Waals surface area (Å²) in [5, 5.41) is 9.87. The normalized spacial score (nSPS) is 11.4. The number of carbonyl (C=O) groups is 1. The third-order valence-electron chi connectivity index (χ3n) is 2.29. The molecule has 14 heavy (non-hydrogen) atoms. The van der Waals surface area contributed by atoms with Gasteiger partial charge in [-0.05, 0) is 24.0 Å². The first kappa shape index (κ1) is 10.8. The van der Waals surface area contributed by atoms with Gasteiger partial charge in [0.25, 0.3) is 0 Å². The highest BCUT2D eigenvalue weighted by Gasteiger charge is 2.22. The summed E-state index contributed by atoms with van der Waals surface area (Å²) in [5.41, 5.74) is 2.08. The van der Waals surface area contributed by atoms with Crippen molar-refractivity contribution in [2.75, 3.05) is 0 Å². The summed E-state index contributed by atoms with van der Waals surface area (Å²) in [6, 6.07) is 3.51. The molecule has 0 heterocycles. The second-order valence-electron chi connectivity index (χ2n) is 4.56. The summed E-state index contributed by atoms with van der Waals surface area (Å²) < 4.78 is 0. The lowest BCUT2D eigenvalue weighted by atomic mass is 9.82. The number of aldehydes is 1. The second kappa shape index (κ2) is 3.45. The molecule has 0 aliphatic rings. The van der Waals surface area contributed by atoms with Crippen molar-refractivity contribution in [1.29, 1.82) is 0 Å². The molecule has 0 saturated carbocycles. The predicted octanol–water partition coefficient (Wildman–Crippen LogP) is 2.81. The van der Waals surface area contributed by atoms with Crippen LogP contribution in [-0.2, 0) is 5.41 Å². The van der Waals surface area contributed by atoms with E-state index in [0.29, 0.717) is 11.8 Å². The lowest BCUT2D eigenvalue weighted by Gasteiger charge is -2.23. The fourth-order valence-corrected chi connectivity index (χ4v) is 1.75. The van der Waals surface area contributed by atoms with E-state index in [1.807, 2.05) is 33.8 Å². The predicted molar refractivity (Wildman–Crippen MR) is 56.9 cm³/mol. The van der Waals surface area contributed by atoms with Crippen molar-refractivity contribution in [3.05, 3.63) is 28.8 Å². The van der Waals surface area contributed by atoms with E-state index < -0.39 is 0 Å². The number of aryl methyl sites for hydroxylation is 1. The summed E-state index contributed by atoms with van der Waals surface area (Å²) in [4.78, 5) is 10.7. The lowest BCUT2D eigenvalue weighted by Crippen LogP contribution is -2.14. The van der Waals surface area contributed by atoms with Crippen molar-refractivity contribution in [3.63, 3.8) is 0 Å². The number of hydrogen-bond donors (Lipinski definition) is 1. The van der Waals surface area contributed by atoms with Crippen LogP contribution in [0.4, 0.5) is 0 Å². The zero-order valence-corrected chi connectivity index (χ0v) is 9.09. The highest BCUT2D eigenvalue weighted by atomic mass is 16.3. The van der Waals surface area contributed by atoms with Crippen molar-refractivity contribution >= 4 is 6.29 Å². The maximum absolute atomic E-state index is 10.7. The Balaban J connectivity index is 3.48. The van der Waals surface area contributed by atoms with Gasteiger partial charge in [0.1, 0.15) is 5.75 Å². The van der Waals surface area contributed by atoms with Crippen LogP contribution in [0.5, 0.6) is 5.75 Å².